The second-order valence-corrected chi connectivity index (χ2v) is 5.37. The van der Waals surface area contributed by atoms with Crippen LogP contribution in [0.15, 0.2) is 30.5 Å². The molecule has 0 aliphatic rings. The zero-order valence-electron chi connectivity index (χ0n) is 10.1. The third-order valence-corrected chi connectivity index (χ3v) is 3.58. The molecule has 0 radical (unpaired) electrons. The molecule has 19 heavy (non-hydrogen) atoms. The molecule has 1 unspecified atom stereocenters. The first-order valence-electron chi connectivity index (χ1n) is 5.68. The van der Waals surface area contributed by atoms with Gasteiger partial charge in [0, 0.05) is 28.7 Å². The van der Waals surface area contributed by atoms with Crippen molar-refractivity contribution in [2.75, 3.05) is 0 Å². The standard InChI is InChI=1S/C14H11BrF3N/c1-8-2-3-9(19-7-8)6-11(15)10-4-5-12(16)14(18)13(10)17/h2-5,7,11H,6H2,1H3. The van der Waals surface area contributed by atoms with Gasteiger partial charge in [-0.1, -0.05) is 28.1 Å². The lowest BCUT2D eigenvalue weighted by Crippen LogP contribution is -2.03. The van der Waals surface area contributed by atoms with Crippen LogP contribution in [0.2, 0.25) is 0 Å². The van der Waals surface area contributed by atoms with E-state index in [0.717, 1.165) is 17.3 Å². The summed E-state index contributed by atoms with van der Waals surface area (Å²) >= 11 is 3.28. The van der Waals surface area contributed by atoms with Gasteiger partial charge in [-0.3, -0.25) is 4.98 Å². The van der Waals surface area contributed by atoms with E-state index in [2.05, 4.69) is 20.9 Å². The SMILES string of the molecule is Cc1ccc(CC(Br)c2ccc(F)c(F)c2F)nc1. The Morgan fingerprint density at radius 3 is 2.47 bits per heavy atom. The van der Waals surface area contributed by atoms with Crippen molar-refractivity contribution >= 4 is 15.9 Å². The largest absolute Gasteiger partial charge is 0.261 e. The Hall–Kier alpha value is -1.36. The Morgan fingerprint density at radius 1 is 1.11 bits per heavy atom. The van der Waals surface area contributed by atoms with E-state index in [1.165, 1.54) is 6.07 Å². The number of pyridine rings is 1. The first-order chi connectivity index (χ1) is 8.99. The summed E-state index contributed by atoms with van der Waals surface area (Å²) < 4.78 is 39.6. The number of rotatable bonds is 3. The fourth-order valence-corrected chi connectivity index (χ4v) is 2.38. The molecule has 1 atom stereocenters. The number of aromatic nitrogens is 1. The molecule has 2 aromatic rings. The zero-order chi connectivity index (χ0) is 14.0. The maximum Gasteiger partial charge on any atom is 0.194 e. The summed E-state index contributed by atoms with van der Waals surface area (Å²) in [6.07, 6.45) is 2.10. The molecule has 2 rings (SSSR count). The molecular weight excluding hydrogens is 319 g/mol. The third kappa shape index (κ3) is 3.15. The molecule has 100 valence electrons. The van der Waals surface area contributed by atoms with Crippen molar-refractivity contribution in [3.8, 4) is 0 Å². The molecule has 0 aliphatic carbocycles. The molecule has 0 saturated carbocycles. The number of alkyl halides is 1. The van der Waals surface area contributed by atoms with Gasteiger partial charge >= 0.3 is 0 Å². The lowest BCUT2D eigenvalue weighted by Gasteiger charge is -2.11. The van der Waals surface area contributed by atoms with Gasteiger partial charge in [-0.05, 0) is 24.6 Å². The van der Waals surface area contributed by atoms with Crippen LogP contribution in [0.4, 0.5) is 13.2 Å². The monoisotopic (exact) mass is 329 g/mol. The lowest BCUT2D eigenvalue weighted by atomic mass is 10.1. The molecule has 0 bridgehead atoms. The first-order valence-corrected chi connectivity index (χ1v) is 6.59. The van der Waals surface area contributed by atoms with Crippen LogP contribution in [0.3, 0.4) is 0 Å². The fourth-order valence-electron chi connectivity index (χ4n) is 1.70. The highest BCUT2D eigenvalue weighted by Gasteiger charge is 2.19. The first kappa shape index (κ1) is 14.1. The van der Waals surface area contributed by atoms with Gasteiger partial charge in [0.25, 0.3) is 0 Å². The normalized spacial score (nSPS) is 12.5. The highest BCUT2D eigenvalue weighted by atomic mass is 79.9. The second-order valence-electron chi connectivity index (χ2n) is 4.26. The molecule has 0 fully saturated rings. The van der Waals surface area contributed by atoms with Gasteiger partial charge in [0.05, 0.1) is 0 Å². The quantitative estimate of drug-likeness (QED) is 0.597. The number of hydrogen-bond donors (Lipinski definition) is 0. The molecule has 1 aromatic carbocycles. The van der Waals surface area contributed by atoms with Crippen molar-refractivity contribution < 1.29 is 13.2 Å². The third-order valence-electron chi connectivity index (χ3n) is 2.76. The topological polar surface area (TPSA) is 12.9 Å². The Kier molecular flexibility index (Phi) is 4.24. The average Bonchev–Trinajstić information content (AvgIpc) is 2.39. The predicted molar refractivity (Wildman–Crippen MR) is 70.7 cm³/mol. The van der Waals surface area contributed by atoms with Crippen LogP contribution in [-0.4, -0.2) is 4.98 Å². The Labute approximate surface area is 117 Å². The van der Waals surface area contributed by atoms with Gasteiger partial charge in [0.2, 0.25) is 0 Å². The summed E-state index contributed by atoms with van der Waals surface area (Å²) in [5.74, 6) is -3.79. The van der Waals surface area contributed by atoms with Crippen molar-refractivity contribution in [2.24, 2.45) is 0 Å². The number of hydrogen-bond acceptors (Lipinski definition) is 1. The van der Waals surface area contributed by atoms with Crippen molar-refractivity contribution in [1.82, 2.24) is 4.98 Å². The maximum atomic E-state index is 13.6. The van der Waals surface area contributed by atoms with E-state index in [1.807, 2.05) is 19.1 Å². The van der Waals surface area contributed by atoms with Crippen LogP contribution in [0.1, 0.15) is 21.6 Å². The molecule has 0 spiro atoms. The molecule has 0 saturated heterocycles. The number of benzene rings is 1. The van der Waals surface area contributed by atoms with Crippen LogP contribution in [0.5, 0.6) is 0 Å². The Bertz CT molecular complexity index is 584. The minimum Gasteiger partial charge on any atom is -0.261 e. The second kappa shape index (κ2) is 5.74. The zero-order valence-corrected chi connectivity index (χ0v) is 11.7. The van der Waals surface area contributed by atoms with Crippen molar-refractivity contribution in [2.45, 2.75) is 18.2 Å². The van der Waals surface area contributed by atoms with Gasteiger partial charge in [0.15, 0.2) is 17.5 Å². The van der Waals surface area contributed by atoms with Crippen LogP contribution in [0, 0.1) is 24.4 Å². The van der Waals surface area contributed by atoms with Gasteiger partial charge in [-0.25, -0.2) is 13.2 Å². The Morgan fingerprint density at radius 2 is 1.84 bits per heavy atom. The van der Waals surface area contributed by atoms with Crippen LogP contribution in [0.25, 0.3) is 0 Å². The van der Waals surface area contributed by atoms with Gasteiger partial charge in [-0.15, -0.1) is 0 Å². The molecule has 0 N–H and O–H groups in total. The van der Waals surface area contributed by atoms with Crippen LogP contribution >= 0.6 is 15.9 Å². The molecule has 1 heterocycles. The summed E-state index contributed by atoms with van der Waals surface area (Å²) in [6, 6.07) is 5.87. The maximum absolute atomic E-state index is 13.6. The summed E-state index contributed by atoms with van der Waals surface area (Å²) in [6.45, 7) is 1.91. The highest BCUT2D eigenvalue weighted by molar-refractivity contribution is 9.09. The van der Waals surface area contributed by atoms with E-state index in [9.17, 15) is 13.2 Å². The van der Waals surface area contributed by atoms with E-state index >= 15 is 0 Å². The van der Waals surface area contributed by atoms with E-state index in [-0.39, 0.29) is 5.56 Å². The van der Waals surface area contributed by atoms with Crippen molar-refractivity contribution in [3.05, 3.63) is 64.7 Å². The predicted octanol–water partition coefficient (Wildman–Crippen LogP) is 4.49. The summed E-state index contributed by atoms with van der Waals surface area (Å²) in [7, 11) is 0. The molecule has 0 amide bonds. The van der Waals surface area contributed by atoms with Crippen molar-refractivity contribution in [1.29, 1.82) is 0 Å². The summed E-state index contributed by atoms with van der Waals surface area (Å²) in [5.41, 5.74) is 1.85. The summed E-state index contributed by atoms with van der Waals surface area (Å²) in [4.78, 5) is 3.73. The fraction of sp³-hybridized carbons (Fsp3) is 0.214. The Balaban J connectivity index is 2.23. The number of nitrogens with zero attached hydrogens (tertiary/aromatic N) is 1. The van der Waals surface area contributed by atoms with Gasteiger partial charge in [-0.2, -0.15) is 0 Å². The molecule has 1 aromatic heterocycles. The minimum atomic E-state index is -1.45. The van der Waals surface area contributed by atoms with Crippen LogP contribution < -0.4 is 0 Å². The smallest absolute Gasteiger partial charge is 0.194 e. The number of aryl methyl sites for hydroxylation is 1. The van der Waals surface area contributed by atoms with Crippen LogP contribution in [-0.2, 0) is 6.42 Å². The molecule has 5 heteroatoms. The van der Waals surface area contributed by atoms with E-state index in [4.69, 9.17) is 0 Å². The molecular formula is C14H11BrF3N. The summed E-state index contributed by atoms with van der Waals surface area (Å²) in [5, 5.41) is 0. The average molecular weight is 330 g/mol. The lowest BCUT2D eigenvalue weighted by molar-refractivity contribution is 0.440. The number of halogens is 4. The van der Waals surface area contributed by atoms with Gasteiger partial charge < -0.3 is 0 Å². The molecule has 1 nitrogen and oxygen atoms in total. The van der Waals surface area contributed by atoms with E-state index in [0.29, 0.717) is 6.42 Å². The molecule has 0 aliphatic heterocycles. The highest BCUT2D eigenvalue weighted by Crippen LogP contribution is 2.30. The van der Waals surface area contributed by atoms with Crippen molar-refractivity contribution in [3.63, 3.8) is 0 Å². The van der Waals surface area contributed by atoms with E-state index < -0.39 is 22.3 Å². The minimum absolute atomic E-state index is 0.0845. The van der Waals surface area contributed by atoms with E-state index in [1.54, 1.807) is 6.20 Å². The van der Waals surface area contributed by atoms with Gasteiger partial charge in [0.1, 0.15) is 0 Å².